The number of aryl methyl sites for hydroxylation is 1. The molecule has 0 bridgehead atoms. The second-order valence-corrected chi connectivity index (χ2v) is 5.23. The van der Waals surface area contributed by atoms with Crippen molar-refractivity contribution in [1.82, 2.24) is 0 Å². The highest BCUT2D eigenvalue weighted by Gasteiger charge is 2.27. The summed E-state index contributed by atoms with van der Waals surface area (Å²) in [4.78, 5) is 0.531. The molecule has 0 aromatic heterocycles. The monoisotopic (exact) mass is 256 g/mol. The van der Waals surface area contributed by atoms with E-state index in [1.165, 1.54) is 36.5 Å². The van der Waals surface area contributed by atoms with E-state index in [0.717, 1.165) is 0 Å². The standard InChI is InChI=1S/C12H14BrF/c1-8-5-6-9(14)7-11(8)10-3-2-4-12(10)13/h5-7,10,12H,2-4H2,1H3. The maximum atomic E-state index is 13.1. The average molecular weight is 257 g/mol. The molecular formula is C12H14BrF. The van der Waals surface area contributed by atoms with Crippen molar-refractivity contribution in [1.29, 1.82) is 0 Å². The van der Waals surface area contributed by atoms with Gasteiger partial charge in [-0.2, -0.15) is 0 Å². The number of halogens is 2. The summed E-state index contributed by atoms with van der Waals surface area (Å²) >= 11 is 3.68. The smallest absolute Gasteiger partial charge is 0.123 e. The molecule has 0 saturated heterocycles. The van der Waals surface area contributed by atoms with E-state index in [-0.39, 0.29) is 5.82 Å². The van der Waals surface area contributed by atoms with Crippen LogP contribution in [0.15, 0.2) is 18.2 Å². The molecule has 0 radical (unpaired) electrons. The lowest BCUT2D eigenvalue weighted by Gasteiger charge is -2.16. The molecule has 14 heavy (non-hydrogen) atoms. The molecule has 1 aromatic rings. The molecule has 76 valence electrons. The van der Waals surface area contributed by atoms with Crippen LogP contribution in [0.5, 0.6) is 0 Å². The molecule has 1 aromatic carbocycles. The molecule has 0 aliphatic heterocycles. The van der Waals surface area contributed by atoms with E-state index in [9.17, 15) is 4.39 Å². The predicted molar refractivity (Wildman–Crippen MR) is 60.4 cm³/mol. The molecular weight excluding hydrogens is 243 g/mol. The Kier molecular flexibility index (Phi) is 2.91. The van der Waals surface area contributed by atoms with Gasteiger partial charge < -0.3 is 0 Å². The Bertz CT molecular complexity index is 335. The van der Waals surface area contributed by atoms with Crippen LogP contribution in [0.2, 0.25) is 0 Å². The van der Waals surface area contributed by atoms with Crippen molar-refractivity contribution >= 4 is 15.9 Å². The number of alkyl halides is 1. The first-order chi connectivity index (χ1) is 6.68. The molecule has 1 fully saturated rings. The Morgan fingerprint density at radius 3 is 2.79 bits per heavy atom. The molecule has 0 N–H and O–H groups in total. The summed E-state index contributed by atoms with van der Waals surface area (Å²) in [6.07, 6.45) is 3.64. The first kappa shape index (κ1) is 10.2. The van der Waals surface area contributed by atoms with Gasteiger partial charge in [-0.3, -0.25) is 0 Å². The van der Waals surface area contributed by atoms with Crippen molar-refractivity contribution in [2.75, 3.05) is 0 Å². The van der Waals surface area contributed by atoms with Gasteiger partial charge in [0.15, 0.2) is 0 Å². The summed E-state index contributed by atoms with van der Waals surface area (Å²) in [5.41, 5.74) is 2.40. The zero-order valence-corrected chi connectivity index (χ0v) is 9.85. The van der Waals surface area contributed by atoms with Gasteiger partial charge in [0.2, 0.25) is 0 Å². The quantitative estimate of drug-likeness (QED) is 0.662. The summed E-state index contributed by atoms with van der Waals surface area (Å²) < 4.78 is 13.1. The Hall–Kier alpha value is -0.370. The third kappa shape index (κ3) is 1.85. The molecule has 2 rings (SSSR count). The van der Waals surface area contributed by atoms with Gasteiger partial charge in [0.1, 0.15) is 5.82 Å². The van der Waals surface area contributed by atoms with E-state index >= 15 is 0 Å². The molecule has 0 amide bonds. The largest absolute Gasteiger partial charge is 0.207 e. The van der Waals surface area contributed by atoms with Gasteiger partial charge in [-0.15, -0.1) is 0 Å². The number of hydrogen-bond donors (Lipinski definition) is 0. The fraction of sp³-hybridized carbons (Fsp3) is 0.500. The van der Waals surface area contributed by atoms with Crippen LogP contribution in [0.25, 0.3) is 0 Å². The average Bonchev–Trinajstić information content (AvgIpc) is 2.56. The Balaban J connectivity index is 2.34. The first-order valence-corrected chi connectivity index (χ1v) is 6.00. The third-order valence-corrected chi connectivity index (χ3v) is 4.17. The van der Waals surface area contributed by atoms with Crippen LogP contribution in [0.4, 0.5) is 4.39 Å². The van der Waals surface area contributed by atoms with Gasteiger partial charge in [0.25, 0.3) is 0 Å². The van der Waals surface area contributed by atoms with Crippen LogP contribution in [0.1, 0.15) is 36.3 Å². The van der Waals surface area contributed by atoms with E-state index in [2.05, 4.69) is 22.9 Å². The molecule has 2 heteroatoms. The molecule has 0 nitrogen and oxygen atoms in total. The molecule has 1 aliphatic carbocycles. The lowest BCUT2D eigenvalue weighted by Crippen LogP contribution is -2.06. The summed E-state index contributed by atoms with van der Waals surface area (Å²) in [5.74, 6) is 0.392. The second kappa shape index (κ2) is 4.01. The lowest BCUT2D eigenvalue weighted by molar-refractivity contribution is 0.618. The van der Waals surface area contributed by atoms with Gasteiger partial charge in [-0.25, -0.2) is 4.39 Å². The van der Waals surface area contributed by atoms with Crippen molar-refractivity contribution in [3.8, 4) is 0 Å². The summed E-state index contributed by atoms with van der Waals surface area (Å²) in [6.45, 7) is 2.06. The highest BCUT2D eigenvalue weighted by atomic mass is 79.9. The van der Waals surface area contributed by atoms with E-state index < -0.39 is 0 Å². The highest BCUT2D eigenvalue weighted by molar-refractivity contribution is 9.09. The van der Waals surface area contributed by atoms with Gasteiger partial charge in [-0.1, -0.05) is 28.4 Å². The van der Waals surface area contributed by atoms with E-state index in [0.29, 0.717) is 10.7 Å². The fourth-order valence-electron chi connectivity index (χ4n) is 2.28. The molecule has 0 heterocycles. The van der Waals surface area contributed by atoms with Crippen LogP contribution in [-0.2, 0) is 0 Å². The predicted octanol–water partition coefficient (Wildman–Crippen LogP) is 4.17. The summed E-state index contributed by atoms with van der Waals surface area (Å²) in [7, 11) is 0. The molecule has 2 unspecified atom stereocenters. The summed E-state index contributed by atoms with van der Waals surface area (Å²) in [6, 6.07) is 5.11. The first-order valence-electron chi connectivity index (χ1n) is 5.08. The molecule has 1 saturated carbocycles. The third-order valence-electron chi connectivity index (χ3n) is 3.07. The Morgan fingerprint density at radius 1 is 1.36 bits per heavy atom. The zero-order chi connectivity index (χ0) is 10.1. The Morgan fingerprint density at radius 2 is 2.14 bits per heavy atom. The molecule has 0 spiro atoms. The van der Waals surface area contributed by atoms with Crippen molar-refractivity contribution in [2.45, 2.75) is 36.9 Å². The fourth-order valence-corrected chi connectivity index (χ4v) is 3.15. The summed E-state index contributed by atoms with van der Waals surface area (Å²) in [5, 5.41) is 0. The minimum atomic E-state index is -0.114. The van der Waals surface area contributed by atoms with E-state index in [4.69, 9.17) is 0 Å². The van der Waals surface area contributed by atoms with Gasteiger partial charge in [0.05, 0.1) is 0 Å². The number of rotatable bonds is 1. The van der Waals surface area contributed by atoms with Gasteiger partial charge >= 0.3 is 0 Å². The lowest BCUT2D eigenvalue weighted by atomic mass is 9.93. The van der Waals surface area contributed by atoms with Crippen LogP contribution in [0.3, 0.4) is 0 Å². The van der Waals surface area contributed by atoms with Gasteiger partial charge in [-0.05, 0) is 48.9 Å². The second-order valence-electron chi connectivity index (χ2n) is 4.05. The zero-order valence-electron chi connectivity index (χ0n) is 8.26. The van der Waals surface area contributed by atoms with Crippen LogP contribution < -0.4 is 0 Å². The minimum Gasteiger partial charge on any atom is -0.207 e. The van der Waals surface area contributed by atoms with E-state index in [1.54, 1.807) is 6.07 Å². The molecule has 2 atom stereocenters. The van der Waals surface area contributed by atoms with Crippen molar-refractivity contribution in [3.63, 3.8) is 0 Å². The molecule has 1 aliphatic rings. The minimum absolute atomic E-state index is 0.114. The topological polar surface area (TPSA) is 0 Å². The SMILES string of the molecule is Cc1ccc(F)cc1C1CCCC1Br. The number of hydrogen-bond acceptors (Lipinski definition) is 0. The van der Waals surface area contributed by atoms with Crippen LogP contribution in [0, 0.1) is 12.7 Å². The van der Waals surface area contributed by atoms with Crippen molar-refractivity contribution in [2.24, 2.45) is 0 Å². The highest BCUT2D eigenvalue weighted by Crippen LogP contribution is 2.40. The van der Waals surface area contributed by atoms with Crippen molar-refractivity contribution in [3.05, 3.63) is 35.1 Å². The maximum absolute atomic E-state index is 13.1. The van der Waals surface area contributed by atoms with Crippen molar-refractivity contribution < 1.29 is 4.39 Å². The Labute approximate surface area is 92.6 Å². The van der Waals surface area contributed by atoms with Gasteiger partial charge in [0, 0.05) is 4.83 Å². The maximum Gasteiger partial charge on any atom is 0.123 e. The van der Waals surface area contributed by atoms with Crippen LogP contribution in [-0.4, -0.2) is 4.83 Å². The van der Waals surface area contributed by atoms with E-state index in [1.807, 2.05) is 6.07 Å². The van der Waals surface area contributed by atoms with Crippen LogP contribution >= 0.6 is 15.9 Å². The normalized spacial score (nSPS) is 26.8. The number of benzene rings is 1.